The first-order valence-corrected chi connectivity index (χ1v) is 7.78. The number of nitrogens with one attached hydrogen (secondary N) is 1. The molecule has 23 heavy (non-hydrogen) atoms. The Bertz CT molecular complexity index is 597. The number of rotatable bonds is 8. The Kier molecular flexibility index (Phi) is 8.43. The lowest BCUT2D eigenvalue weighted by Crippen LogP contribution is -2.24. The van der Waals surface area contributed by atoms with E-state index in [0.29, 0.717) is 5.75 Å². The standard InChI is InChI=1S/C19H26N2O2/c1-15(2)7-5-8-16(3)11-12-20-21-19(22)14-23-18-10-6-9-17(4)13-18/h6-7,9-13H,5,8,14H2,1-4H3,(H,21,22). The van der Waals surface area contributed by atoms with E-state index in [2.05, 4.69) is 30.5 Å². The van der Waals surface area contributed by atoms with Gasteiger partial charge in [-0.3, -0.25) is 4.79 Å². The molecule has 0 aromatic heterocycles. The number of hydrazone groups is 1. The molecule has 0 spiro atoms. The molecule has 4 nitrogen and oxygen atoms in total. The predicted molar refractivity (Wildman–Crippen MR) is 95.7 cm³/mol. The van der Waals surface area contributed by atoms with E-state index in [9.17, 15) is 4.79 Å². The molecule has 0 heterocycles. The molecule has 0 saturated carbocycles. The number of hydrogen-bond acceptors (Lipinski definition) is 3. The average molecular weight is 314 g/mol. The molecule has 0 fully saturated rings. The Balaban J connectivity index is 2.28. The maximum Gasteiger partial charge on any atom is 0.277 e. The van der Waals surface area contributed by atoms with E-state index in [1.54, 1.807) is 6.21 Å². The first kappa shape index (κ1) is 18.7. The normalized spacial score (nSPS) is 11.4. The summed E-state index contributed by atoms with van der Waals surface area (Å²) in [5.41, 5.74) is 6.08. The number of hydrogen-bond donors (Lipinski definition) is 1. The van der Waals surface area contributed by atoms with Gasteiger partial charge in [0.05, 0.1) is 0 Å². The highest BCUT2D eigenvalue weighted by Crippen LogP contribution is 2.11. The van der Waals surface area contributed by atoms with Gasteiger partial charge < -0.3 is 4.74 Å². The summed E-state index contributed by atoms with van der Waals surface area (Å²) in [6.45, 7) is 8.16. The second-order valence-electron chi connectivity index (χ2n) is 5.75. The Morgan fingerprint density at radius 2 is 2.09 bits per heavy atom. The molecule has 0 saturated heterocycles. The van der Waals surface area contributed by atoms with Gasteiger partial charge in [-0.05, 0) is 64.3 Å². The zero-order valence-electron chi connectivity index (χ0n) is 14.4. The van der Waals surface area contributed by atoms with Gasteiger partial charge in [0, 0.05) is 6.21 Å². The molecular formula is C19H26N2O2. The van der Waals surface area contributed by atoms with E-state index >= 15 is 0 Å². The summed E-state index contributed by atoms with van der Waals surface area (Å²) < 4.78 is 5.39. The Hall–Kier alpha value is -2.36. The molecule has 1 rings (SSSR count). The maximum absolute atomic E-state index is 11.6. The minimum Gasteiger partial charge on any atom is -0.484 e. The van der Waals surface area contributed by atoms with Gasteiger partial charge in [0.15, 0.2) is 6.61 Å². The van der Waals surface area contributed by atoms with Crippen molar-refractivity contribution < 1.29 is 9.53 Å². The molecule has 0 atom stereocenters. The third kappa shape index (κ3) is 9.30. The summed E-state index contributed by atoms with van der Waals surface area (Å²) in [6, 6.07) is 7.57. The van der Waals surface area contributed by atoms with Gasteiger partial charge >= 0.3 is 0 Å². The van der Waals surface area contributed by atoms with Crippen LogP contribution in [-0.4, -0.2) is 18.7 Å². The van der Waals surface area contributed by atoms with Crippen molar-refractivity contribution in [2.24, 2.45) is 5.10 Å². The molecule has 1 amide bonds. The number of aryl methyl sites for hydroxylation is 1. The summed E-state index contributed by atoms with van der Waals surface area (Å²) in [7, 11) is 0. The van der Waals surface area contributed by atoms with Crippen molar-refractivity contribution in [3.63, 3.8) is 0 Å². The zero-order valence-corrected chi connectivity index (χ0v) is 14.4. The third-order valence-electron chi connectivity index (χ3n) is 3.07. The Morgan fingerprint density at radius 3 is 2.78 bits per heavy atom. The van der Waals surface area contributed by atoms with Gasteiger partial charge in [-0.15, -0.1) is 0 Å². The van der Waals surface area contributed by atoms with Crippen LogP contribution in [0, 0.1) is 6.92 Å². The topological polar surface area (TPSA) is 50.7 Å². The van der Waals surface area contributed by atoms with Crippen LogP contribution in [0.1, 0.15) is 39.2 Å². The number of nitrogens with zero attached hydrogens (tertiary/aromatic N) is 1. The lowest BCUT2D eigenvalue weighted by molar-refractivity contribution is -0.123. The number of benzene rings is 1. The minimum absolute atomic E-state index is 0.0515. The van der Waals surface area contributed by atoms with E-state index in [4.69, 9.17) is 4.74 Å². The fourth-order valence-electron chi connectivity index (χ4n) is 1.83. The predicted octanol–water partition coefficient (Wildman–Crippen LogP) is 4.17. The lowest BCUT2D eigenvalue weighted by Gasteiger charge is -2.05. The molecule has 0 aliphatic heterocycles. The monoisotopic (exact) mass is 314 g/mol. The molecule has 0 unspecified atom stereocenters. The van der Waals surface area contributed by atoms with Crippen molar-refractivity contribution in [3.05, 3.63) is 53.1 Å². The number of amides is 1. The molecule has 1 N–H and O–H groups in total. The van der Waals surface area contributed by atoms with E-state index < -0.39 is 0 Å². The summed E-state index contributed by atoms with van der Waals surface area (Å²) in [5.74, 6) is 0.400. The van der Waals surface area contributed by atoms with Crippen LogP contribution in [0.4, 0.5) is 0 Å². The van der Waals surface area contributed by atoms with Crippen molar-refractivity contribution in [3.8, 4) is 5.75 Å². The zero-order chi connectivity index (χ0) is 17.1. The molecule has 0 radical (unpaired) electrons. The highest BCUT2D eigenvalue weighted by Gasteiger charge is 2.00. The van der Waals surface area contributed by atoms with Crippen molar-refractivity contribution in [1.82, 2.24) is 5.43 Å². The summed E-state index contributed by atoms with van der Waals surface area (Å²) in [4.78, 5) is 11.6. The van der Waals surface area contributed by atoms with Crippen LogP contribution in [-0.2, 0) is 4.79 Å². The van der Waals surface area contributed by atoms with Gasteiger partial charge in [0.2, 0.25) is 0 Å². The van der Waals surface area contributed by atoms with Crippen LogP contribution in [0.5, 0.6) is 5.75 Å². The molecule has 4 heteroatoms. The highest BCUT2D eigenvalue weighted by molar-refractivity contribution is 5.79. The molecule has 0 aliphatic rings. The van der Waals surface area contributed by atoms with E-state index in [0.717, 1.165) is 18.4 Å². The summed E-state index contributed by atoms with van der Waals surface area (Å²) in [6.07, 6.45) is 7.72. The number of ether oxygens (including phenoxy) is 1. The minimum atomic E-state index is -0.279. The third-order valence-corrected chi connectivity index (χ3v) is 3.07. The number of allylic oxidation sites excluding steroid dienone is 4. The highest BCUT2D eigenvalue weighted by atomic mass is 16.5. The molecule has 0 aliphatic carbocycles. The smallest absolute Gasteiger partial charge is 0.277 e. The van der Waals surface area contributed by atoms with Crippen LogP contribution < -0.4 is 10.2 Å². The van der Waals surface area contributed by atoms with Crippen molar-refractivity contribution in [2.45, 2.75) is 40.5 Å². The van der Waals surface area contributed by atoms with Crippen molar-refractivity contribution >= 4 is 12.1 Å². The molecular weight excluding hydrogens is 288 g/mol. The van der Waals surface area contributed by atoms with E-state index in [1.165, 1.54) is 11.1 Å². The van der Waals surface area contributed by atoms with Gasteiger partial charge in [-0.1, -0.05) is 29.4 Å². The van der Waals surface area contributed by atoms with Crippen LogP contribution in [0.2, 0.25) is 0 Å². The number of carbonyl (C=O) groups excluding carboxylic acids is 1. The number of carbonyl (C=O) groups is 1. The van der Waals surface area contributed by atoms with Gasteiger partial charge in [-0.2, -0.15) is 5.10 Å². The first-order valence-electron chi connectivity index (χ1n) is 7.78. The van der Waals surface area contributed by atoms with Crippen LogP contribution >= 0.6 is 0 Å². The fourth-order valence-corrected chi connectivity index (χ4v) is 1.83. The molecule has 124 valence electrons. The van der Waals surface area contributed by atoms with E-state index in [-0.39, 0.29) is 12.5 Å². The van der Waals surface area contributed by atoms with Crippen LogP contribution in [0.3, 0.4) is 0 Å². The van der Waals surface area contributed by atoms with Gasteiger partial charge in [0.25, 0.3) is 5.91 Å². The van der Waals surface area contributed by atoms with Crippen LogP contribution in [0.25, 0.3) is 0 Å². The SMILES string of the molecule is CC(C)=CCCC(C)=CC=NNC(=O)COc1cccc(C)c1. The molecule has 0 bridgehead atoms. The summed E-state index contributed by atoms with van der Waals surface area (Å²) >= 11 is 0. The van der Waals surface area contributed by atoms with Crippen molar-refractivity contribution in [1.29, 1.82) is 0 Å². The van der Waals surface area contributed by atoms with E-state index in [1.807, 2.05) is 44.2 Å². The quantitative estimate of drug-likeness (QED) is 0.445. The maximum atomic E-state index is 11.6. The van der Waals surface area contributed by atoms with Gasteiger partial charge in [-0.25, -0.2) is 5.43 Å². The Morgan fingerprint density at radius 1 is 1.30 bits per heavy atom. The lowest BCUT2D eigenvalue weighted by atomic mass is 10.1. The second kappa shape index (κ2) is 10.4. The van der Waals surface area contributed by atoms with Gasteiger partial charge in [0.1, 0.15) is 5.75 Å². The van der Waals surface area contributed by atoms with Crippen LogP contribution in [0.15, 0.2) is 52.7 Å². The van der Waals surface area contributed by atoms with Crippen molar-refractivity contribution in [2.75, 3.05) is 6.61 Å². The molecule has 1 aromatic carbocycles. The second-order valence-corrected chi connectivity index (χ2v) is 5.75. The summed E-state index contributed by atoms with van der Waals surface area (Å²) in [5, 5.41) is 3.89. The Labute approximate surface area is 138 Å². The fraction of sp³-hybridized carbons (Fsp3) is 0.368. The molecule has 1 aromatic rings. The first-order chi connectivity index (χ1) is 11.0. The largest absolute Gasteiger partial charge is 0.484 e. The average Bonchev–Trinajstić information content (AvgIpc) is 2.49.